The van der Waals surface area contributed by atoms with Crippen LogP contribution in [0, 0.1) is 0 Å². The van der Waals surface area contributed by atoms with E-state index in [2.05, 4.69) is 10.4 Å². The van der Waals surface area contributed by atoms with Crippen LogP contribution in [-0.4, -0.2) is 63.1 Å². The second-order valence-corrected chi connectivity index (χ2v) is 6.66. The lowest BCUT2D eigenvalue weighted by molar-refractivity contribution is -0.128. The highest BCUT2D eigenvalue weighted by atomic mass is 16.5. The third kappa shape index (κ3) is 4.40. The van der Waals surface area contributed by atoms with E-state index in [0.29, 0.717) is 32.7 Å². The number of anilines is 1. The first-order chi connectivity index (χ1) is 16.8. The zero-order valence-corrected chi connectivity index (χ0v) is 16.9. The molecule has 29 heavy (non-hydrogen) atoms. The van der Waals surface area contributed by atoms with Crippen molar-refractivity contribution < 1.29 is 19.1 Å². The molecule has 0 saturated carbocycles. The van der Waals surface area contributed by atoms with E-state index in [1.165, 1.54) is 16.5 Å². The predicted molar refractivity (Wildman–Crippen MR) is 110 cm³/mol. The number of carbonyl (C=O) groups is 1. The molecule has 0 radical (unpaired) electrons. The number of amides is 1. The van der Waals surface area contributed by atoms with Gasteiger partial charge in [-0.15, -0.1) is 0 Å². The number of tetrazole rings is 1. The molecule has 2 aromatic rings. The molecule has 0 N–H and O–H groups in total. The zero-order valence-electron chi connectivity index (χ0n) is 23.9. The van der Waals surface area contributed by atoms with Crippen LogP contribution in [0.1, 0.15) is 42.7 Å². The van der Waals surface area contributed by atoms with E-state index in [9.17, 15) is 9.59 Å². The number of aryl methyl sites for hydroxylation is 1. The Balaban J connectivity index is 1.93. The normalized spacial score (nSPS) is 20.6. The molecule has 0 unspecified atom stereocenters. The number of likely N-dealkylation sites (tertiary alicyclic amines) is 1. The van der Waals surface area contributed by atoms with Gasteiger partial charge in [-0.3, -0.25) is 9.69 Å². The number of nitrogens with zero attached hydrogens (tertiary/aromatic N) is 6. The van der Waals surface area contributed by atoms with Crippen molar-refractivity contribution in [3.63, 3.8) is 0 Å². The Bertz CT molecular complexity index is 1160. The minimum absolute atomic E-state index is 0.171. The van der Waals surface area contributed by atoms with Gasteiger partial charge >= 0.3 is 5.69 Å². The molecule has 0 bridgehead atoms. The largest absolute Gasteiger partial charge is 0.363 e. The first-order valence-corrected chi connectivity index (χ1v) is 9.48. The topological polar surface area (TPSA) is 85.5 Å². The summed E-state index contributed by atoms with van der Waals surface area (Å²) in [5, 5.41) is 7.65. The van der Waals surface area contributed by atoms with Crippen LogP contribution in [-0.2, 0) is 22.6 Å². The van der Waals surface area contributed by atoms with Crippen LogP contribution < -0.4 is 10.6 Å². The third-order valence-corrected chi connectivity index (χ3v) is 5.18. The van der Waals surface area contributed by atoms with Gasteiger partial charge in [0.1, 0.15) is 5.72 Å². The highest BCUT2D eigenvalue weighted by Gasteiger charge is 2.43. The van der Waals surface area contributed by atoms with Crippen molar-refractivity contribution >= 4 is 11.6 Å². The Morgan fingerprint density at radius 2 is 1.86 bits per heavy atom. The highest BCUT2D eigenvalue weighted by Crippen LogP contribution is 2.34. The Labute approximate surface area is 180 Å². The van der Waals surface area contributed by atoms with Gasteiger partial charge in [0, 0.05) is 60.9 Å². The fraction of sp³-hybridized carbons (Fsp3) is 0.600. The standard InChI is InChI=1S/C20H30N6O3/c1-4-18(27)26(17-9-7-6-8-10-17)20(29-3)11-13-23(14-12-20)15-16-25-19(28)24(5-2)21-22-25/h6-10H,4-5,11-16H2,1-3H3/i4D2,6D,7D,8D,9D,10D. The molecule has 158 valence electrons. The molecule has 1 fully saturated rings. The van der Waals surface area contributed by atoms with Gasteiger partial charge in [-0.25, -0.2) is 4.79 Å². The summed E-state index contributed by atoms with van der Waals surface area (Å²) in [6.07, 6.45) is -2.06. The SMILES string of the molecule is [2H]c1c([2H])c([2H])c(N(C(=O)C([2H])([2H])C)C2(OC)CCN(CCn3nnn(CC)c3=O)CC2)c([2H])c1[2H]. The summed E-state index contributed by atoms with van der Waals surface area (Å²) in [4.78, 5) is 28.5. The minimum Gasteiger partial charge on any atom is -0.358 e. The maximum absolute atomic E-state index is 13.4. The summed E-state index contributed by atoms with van der Waals surface area (Å²) >= 11 is 0. The van der Waals surface area contributed by atoms with E-state index < -0.39 is 53.9 Å². The number of para-hydroxylation sites is 1. The van der Waals surface area contributed by atoms with Gasteiger partial charge in [-0.05, 0) is 29.4 Å². The maximum atomic E-state index is 13.4. The second kappa shape index (κ2) is 9.32. The number of benzene rings is 1. The van der Waals surface area contributed by atoms with Crippen molar-refractivity contribution in [1.82, 2.24) is 24.7 Å². The number of rotatable bonds is 8. The fourth-order valence-electron chi connectivity index (χ4n) is 3.48. The molecule has 1 aromatic heterocycles. The predicted octanol–water partition coefficient (Wildman–Crippen LogP) is 1.34. The van der Waals surface area contributed by atoms with Crippen LogP contribution in [0.3, 0.4) is 0 Å². The fourth-order valence-corrected chi connectivity index (χ4v) is 3.48. The summed E-state index contributed by atoms with van der Waals surface area (Å²) in [7, 11) is 1.35. The van der Waals surface area contributed by atoms with E-state index in [4.69, 9.17) is 14.3 Å². The number of methoxy groups -OCH3 is 1. The molecule has 0 spiro atoms. The molecule has 3 rings (SSSR count). The van der Waals surface area contributed by atoms with Crippen LogP contribution in [0.15, 0.2) is 35.0 Å². The second-order valence-electron chi connectivity index (χ2n) is 6.66. The van der Waals surface area contributed by atoms with Crippen LogP contribution in [0.5, 0.6) is 0 Å². The molecule has 1 aliphatic heterocycles. The number of carbonyl (C=O) groups excluding carboxylic acids is 1. The van der Waals surface area contributed by atoms with Crippen molar-refractivity contribution in [3.8, 4) is 0 Å². The van der Waals surface area contributed by atoms with Gasteiger partial charge in [0.15, 0.2) is 0 Å². The lowest BCUT2D eigenvalue weighted by Crippen LogP contribution is -2.59. The quantitative estimate of drug-likeness (QED) is 0.612. The molecule has 1 amide bonds. The van der Waals surface area contributed by atoms with E-state index in [1.807, 2.05) is 4.90 Å². The maximum Gasteiger partial charge on any atom is 0.363 e. The molecule has 1 saturated heterocycles. The first kappa shape index (κ1) is 13.7. The van der Waals surface area contributed by atoms with Crippen molar-refractivity contribution in [1.29, 1.82) is 0 Å². The lowest BCUT2D eigenvalue weighted by atomic mass is 9.96. The van der Waals surface area contributed by atoms with Crippen LogP contribution in [0.25, 0.3) is 0 Å². The number of hydrogen-bond donors (Lipinski definition) is 0. The number of hydrogen-bond acceptors (Lipinski definition) is 6. The average molecular weight is 410 g/mol. The summed E-state index contributed by atoms with van der Waals surface area (Å²) in [5.74, 6) is -1.07. The van der Waals surface area contributed by atoms with E-state index in [-0.39, 0.29) is 18.5 Å². The Kier molecular flexibility index (Phi) is 4.39. The number of piperidine rings is 1. The van der Waals surface area contributed by atoms with Crippen molar-refractivity contribution in [2.24, 2.45) is 0 Å². The van der Waals surface area contributed by atoms with Crippen LogP contribution in [0.2, 0.25) is 0 Å². The number of ether oxygens (including phenoxy) is 1. The average Bonchev–Trinajstić information content (AvgIpc) is 3.21. The first-order valence-electron chi connectivity index (χ1n) is 13.0. The molecule has 1 aliphatic rings. The van der Waals surface area contributed by atoms with Crippen molar-refractivity contribution in [2.45, 2.75) is 51.9 Å². The Morgan fingerprint density at radius 3 is 2.41 bits per heavy atom. The van der Waals surface area contributed by atoms with Crippen LogP contribution >= 0.6 is 0 Å². The van der Waals surface area contributed by atoms with Gasteiger partial charge in [0.2, 0.25) is 5.91 Å². The molecule has 0 atom stereocenters. The summed E-state index contributed by atoms with van der Waals surface area (Å²) in [5.41, 5.74) is -2.19. The highest BCUT2D eigenvalue weighted by molar-refractivity contribution is 5.94. The Hall–Kier alpha value is -2.52. The van der Waals surface area contributed by atoms with Crippen molar-refractivity contribution in [2.75, 3.05) is 31.6 Å². The lowest BCUT2D eigenvalue weighted by Gasteiger charge is -2.47. The zero-order chi connectivity index (χ0) is 27.0. The van der Waals surface area contributed by atoms with Gasteiger partial charge in [-0.1, -0.05) is 25.1 Å². The van der Waals surface area contributed by atoms with Crippen LogP contribution in [0.4, 0.5) is 5.69 Å². The third-order valence-electron chi connectivity index (χ3n) is 5.18. The molecular formula is C20H30N6O3. The molecule has 0 aliphatic carbocycles. The molecular weight excluding hydrogens is 372 g/mol. The van der Waals surface area contributed by atoms with Gasteiger partial charge in [-0.2, -0.15) is 9.36 Å². The molecule has 2 heterocycles. The summed E-state index contributed by atoms with van der Waals surface area (Å²) in [6, 6.07) is -3.10. The van der Waals surface area contributed by atoms with E-state index >= 15 is 0 Å². The molecule has 1 aromatic carbocycles. The van der Waals surface area contributed by atoms with Gasteiger partial charge in [0.25, 0.3) is 0 Å². The van der Waals surface area contributed by atoms with Gasteiger partial charge in [0.05, 0.1) is 13.4 Å². The Morgan fingerprint density at radius 1 is 1.21 bits per heavy atom. The van der Waals surface area contributed by atoms with Crippen molar-refractivity contribution in [3.05, 3.63) is 40.7 Å². The molecule has 9 heteroatoms. The summed E-state index contributed by atoms with van der Waals surface area (Å²) in [6.45, 7) is 4.75. The summed E-state index contributed by atoms with van der Waals surface area (Å²) < 4.78 is 65.0. The smallest absolute Gasteiger partial charge is 0.358 e. The number of aromatic nitrogens is 4. The monoisotopic (exact) mass is 409 g/mol. The minimum atomic E-state index is -2.40. The van der Waals surface area contributed by atoms with Gasteiger partial charge < -0.3 is 9.64 Å². The van der Waals surface area contributed by atoms with E-state index in [1.54, 1.807) is 6.92 Å². The van der Waals surface area contributed by atoms with E-state index in [0.717, 1.165) is 11.8 Å². The molecule has 9 nitrogen and oxygen atoms in total.